The van der Waals surface area contributed by atoms with E-state index in [1.54, 1.807) is 0 Å². The van der Waals surface area contributed by atoms with Gasteiger partial charge in [0.2, 0.25) is 0 Å². The molecule has 2 heterocycles. The summed E-state index contributed by atoms with van der Waals surface area (Å²) >= 11 is 0. The summed E-state index contributed by atoms with van der Waals surface area (Å²) in [5.74, 6) is 0.198. The predicted octanol–water partition coefficient (Wildman–Crippen LogP) is 11.3. The number of benzene rings is 7. The molecule has 0 atom stereocenters. The van der Waals surface area contributed by atoms with E-state index in [0.717, 1.165) is 0 Å². The van der Waals surface area contributed by atoms with E-state index in [1.807, 2.05) is 0 Å². The number of aromatic nitrogens is 2. The molecule has 2 heteroatoms. The van der Waals surface area contributed by atoms with Gasteiger partial charge < -0.3 is 9.13 Å². The standard InChI is InChI=1S/C44H30N2/c1-45-40-18-10-9-15-34(40)35-24-21-31(27-41(35)45)46-42-25-29(28-11-3-2-4-12-28)19-22-36(42)37-23-20-30(26-43(37)46)44-38-16-7-5-13-32(38)33-14-6-8-17-39(33)44/h2-27,44H,1H3. The number of hydrogen-bond acceptors (Lipinski definition) is 0. The highest BCUT2D eigenvalue weighted by atomic mass is 15.0. The lowest BCUT2D eigenvalue weighted by Gasteiger charge is -2.16. The van der Waals surface area contributed by atoms with Crippen molar-refractivity contribution in [3.63, 3.8) is 0 Å². The number of para-hydroxylation sites is 1. The Hall–Kier alpha value is -5.86. The topological polar surface area (TPSA) is 9.86 Å². The van der Waals surface area contributed by atoms with Crippen LogP contribution in [0.2, 0.25) is 0 Å². The van der Waals surface area contributed by atoms with Gasteiger partial charge in [0.25, 0.3) is 0 Å². The minimum Gasteiger partial charge on any atom is -0.344 e. The summed E-state index contributed by atoms with van der Waals surface area (Å²) in [7, 11) is 2.18. The van der Waals surface area contributed by atoms with Crippen molar-refractivity contribution >= 4 is 43.6 Å². The van der Waals surface area contributed by atoms with Crippen molar-refractivity contribution in [2.45, 2.75) is 5.92 Å². The molecule has 1 aliphatic rings. The van der Waals surface area contributed by atoms with E-state index in [-0.39, 0.29) is 5.92 Å². The molecule has 0 saturated heterocycles. The van der Waals surface area contributed by atoms with Crippen molar-refractivity contribution in [1.82, 2.24) is 9.13 Å². The molecule has 0 aliphatic heterocycles. The molecule has 2 nitrogen and oxygen atoms in total. The molecule has 10 rings (SSSR count). The van der Waals surface area contributed by atoms with Gasteiger partial charge in [-0.3, -0.25) is 0 Å². The van der Waals surface area contributed by atoms with Gasteiger partial charge in [0.05, 0.1) is 16.6 Å². The molecular formula is C44H30N2. The van der Waals surface area contributed by atoms with Gasteiger partial charge in [-0.1, -0.05) is 127 Å². The van der Waals surface area contributed by atoms with Crippen LogP contribution in [0.5, 0.6) is 0 Å². The van der Waals surface area contributed by atoms with Crippen molar-refractivity contribution in [3.05, 3.63) is 174 Å². The normalized spacial score (nSPS) is 12.8. The van der Waals surface area contributed by atoms with E-state index in [1.165, 1.54) is 88.2 Å². The zero-order valence-electron chi connectivity index (χ0n) is 25.5. The smallest absolute Gasteiger partial charge is 0.0547 e. The molecule has 0 N–H and O–H groups in total. The number of rotatable bonds is 3. The molecule has 7 aromatic carbocycles. The molecule has 46 heavy (non-hydrogen) atoms. The molecular weight excluding hydrogens is 556 g/mol. The molecule has 216 valence electrons. The molecule has 9 aromatic rings. The lowest BCUT2D eigenvalue weighted by atomic mass is 9.89. The second-order valence-electron chi connectivity index (χ2n) is 12.6. The molecule has 0 bridgehead atoms. The first-order chi connectivity index (χ1) is 22.7. The average Bonchev–Trinajstić information content (AvgIpc) is 3.73. The van der Waals surface area contributed by atoms with E-state index in [2.05, 4.69) is 174 Å². The van der Waals surface area contributed by atoms with Crippen LogP contribution in [0.15, 0.2) is 158 Å². The van der Waals surface area contributed by atoms with Gasteiger partial charge in [-0.05, 0) is 69.3 Å². The van der Waals surface area contributed by atoms with E-state index in [9.17, 15) is 0 Å². The zero-order chi connectivity index (χ0) is 30.4. The van der Waals surface area contributed by atoms with Crippen LogP contribution in [0.1, 0.15) is 22.6 Å². The second kappa shape index (κ2) is 9.57. The van der Waals surface area contributed by atoms with Crippen LogP contribution in [0.4, 0.5) is 0 Å². The van der Waals surface area contributed by atoms with Crippen molar-refractivity contribution < 1.29 is 0 Å². The fourth-order valence-electron chi connectivity index (χ4n) is 8.11. The first kappa shape index (κ1) is 25.5. The second-order valence-corrected chi connectivity index (χ2v) is 12.6. The lowest BCUT2D eigenvalue weighted by Crippen LogP contribution is -2.00. The van der Waals surface area contributed by atoms with Gasteiger partial charge in [0.15, 0.2) is 0 Å². The summed E-state index contributed by atoms with van der Waals surface area (Å²) in [6, 6.07) is 58.3. The van der Waals surface area contributed by atoms with Gasteiger partial charge >= 0.3 is 0 Å². The summed E-state index contributed by atoms with van der Waals surface area (Å²) in [6.07, 6.45) is 0. The fraction of sp³-hybridized carbons (Fsp3) is 0.0455. The third-order valence-corrected chi connectivity index (χ3v) is 10.2. The minimum absolute atomic E-state index is 0.198. The Morgan fingerprint density at radius 2 is 1.00 bits per heavy atom. The molecule has 2 aromatic heterocycles. The van der Waals surface area contributed by atoms with Crippen LogP contribution in [0.25, 0.3) is 71.6 Å². The van der Waals surface area contributed by atoms with Crippen molar-refractivity contribution in [3.8, 4) is 27.9 Å². The Morgan fingerprint density at radius 1 is 0.413 bits per heavy atom. The number of hydrogen-bond donors (Lipinski definition) is 0. The van der Waals surface area contributed by atoms with Gasteiger partial charge in [0, 0.05) is 45.7 Å². The number of nitrogens with zero attached hydrogens (tertiary/aromatic N) is 2. The molecule has 1 aliphatic carbocycles. The van der Waals surface area contributed by atoms with Crippen molar-refractivity contribution in [2.75, 3.05) is 0 Å². The van der Waals surface area contributed by atoms with Crippen molar-refractivity contribution in [1.29, 1.82) is 0 Å². The summed E-state index contributed by atoms with van der Waals surface area (Å²) in [5.41, 5.74) is 15.4. The summed E-state index contributed by atoms with van der Waals surface area (Å²) < 4.78 is 4.82. The predicted molar refractivity (Wildman–Crippen MR) is 193 cm³/mol. The van der Waals surface area contributed by atoms with Gasteiger partial charge in [0.1, 0.15) is 0 Å². The summed E-state index contributed by atoms with van der Waals surface area (Å²) in [4.78, 5) is 0. The minimum atomic E-state index is 0.198. The highest BCUT2D eigenvalue weighted by molar-refractivity contribution is 6.12. The Bertz CT molecular complexity index is 2610. The van der Waals surface area contributed by atoms with Crippen LogP contribution in [-0.2, 0) is 7.05 Å². The number of fused-ring (bicyclic) bond motifs is 9. The Labute approximate surface area is 267 Å². The molecule has 0 saturated carbocycles. The maximum absolute atomic E-state index is 2.49. The van der Waals surface area contributed by atoms with Gasteiger partial charge in [-0.2, -0.15) is 0 Å². The highest BCUT2D eigenvalue weighted by Crippen LogP contribution is 2.49. The van der Waals surface area contributed by atoms with E-state index < -0.39 is 0 Å². The van der Waals surface area contributed by atoms with E-state index in [4.69, 9.17) is 0 Å². The molecule has 0 amide bonds. The highest BCUT2D eigenvalue weighted by Gasteiger charge is 2.30. The monoisotopic (exact) mass is 586 g/mol. The Morgan fingerprint density at radius 3 is 1.78 bits per heavy atom. The molecule has 0 radical (unpaired) electrons. The van der Waals surface area contributed by atoms with Crippen LogP contribution in [-0.4, -0.2) is 9.13 Å². The molecule has 0 unspecified atom stereocenters. The van der Waals surface area contributed by atoms with Crippen molar-refractivity contribution in [2.24, 2.45) is 7.05 Å². The Balaban J connectivity index is 1.27. The fourth-order valence-corrected chi connectivity index (χ4v) is 8.11. The molecule has 0 spiro atoms. The quantitative estimate of drug-likeness (QED) is 0.195. The number of aryl methyl sites for hydroxylation is 1. The third-order valence-electron chi connectivity index (χ3n) is 10.2. The van der Waals surface area contributed by atoms with E-state index in [0.29, 0.717) is 0 Å². The lowest BCUT2D eigenvalue weighted by molar-refractivity contribution is 1.01. The van der Waals surface area contributed by atoms with E-state index >= 15 is 0 Å². The van der Waals surface area contributed by atoms with Gasteiger partial charge in [-0.25, -0.2) is 0 Å². The van der Waals surface area contributed by atoms with Crippen LogP contribution in [0, 0.1) is 0 Å². The van der Waals surface area contributed by atoms with Crippen LogP contribution in [0.3, 0.4) is 0 Å². The SMILES string of the molecule is Cn1c2ccccc2c2ccc(-n3c4cc(-c5ccccc5)ccc4c4ccc(C5c6ccccc6-c6ccccc65)cc43)cc21. The van der Waals surface area contributed by atoms with Gasteiger partial charge in [-0.15, -0.1) is 0 Å². The third kappa shape index (κ3) is 3.53. The average molecular weight is 587 g/mol. The summed E-state index contributed by atoms with van der Waals surface area (Å²) in [6.45, 7) is 0. The first-order valence-corrected chi connectivity index (χ1v) is 16.0. The summed E-state index contributed by atoms with van der Waals surface area (Å²) in [5, 5.41) is 5.12. The van der Waals surface area contributed by atoms with Crippen LogP contribution >= 0.6 is 0 Å². The van der Waals surface area contributed by atoms with Crippen LogP contribution < -0.4 is 0 Å². The molecule has 0 fully saturated rings. The first-order valence-electron chi connectivity index (χ1n) is 16.0. The largest absolute Gasteiger partial charge is 0.344 e. The maximum Gasteiger partial charge on any atom is 0.0547 e. The zero-order valence-corrected chi connectivity index (χ0v) is 25.5. The Kier molecular flexibility index (Phi) is 5.30. The maximum atomic E-state index is 2.49.